The van der Waals surface area contributed by atoms with Crippen LogP contribution >= 0.6 is 0 Å². The van der Waals surface area contributed by atoms with Gasteiger partial charge in [0.2, 0.25) is 0 Å². The van der Waals surface area contributed by atoms with Gasteiger partial charge in [-0.25, -0.2) is 9.78 Å². The summed E-state index contributed by atoms with van der Waals surface area (Å²) < 4.78 is 2.02. The van der Waals surface area contributed by atoms with Gasteiger partial charge in [-0.15, -0.1) is 0 Å². The molecule has 2 heterocycles. The molecule has 2 aromatic rings. The molecule has 1 fully saturated rings. The lowest BCUT2D eigenvalue weighted by molar-refractivity contribution is 0.104. The minimum absolute atomic E-state index is 0.0128. The van der Waals surface area contributed by atoms with Crippen LogP contribution in [0.3, 0.4) is 0 Å². The Bertz CT molecular complexity index is 654. The van der Waals surface area contributed by atoms with Gasteiger partial charge in [0.15, 0.2) is 0 Å². The van der Waals surface area contributed by atoms with Crippen LogP contribution in [0.4, 0.5) is 4.79 Å². The Labute approximate surface area is 136 Å². The summed E-state index contributed by atoms with van der Waals surface area (Å²) in [4.78, 5) is 21.0. The number of hydrogen-bond acceptors (Lipinski definition) is 3. The maximum Gasteiger partial charge on any atom is 0.317 e. The summed E-state index contributed by atoms with van der Waals surface area (Å²) in [6.45, 7) is 2.79. The number of likely N-dealkylation sites (N-methyl/N-ethyl adjacent to an activating group) is 1. The number of aromatic nitrogens is 2. The fourth-order valence-electron chi connectivity index (χ4n) is 2.92. The standard InChI is InChI=1S/C17H23N5O/c1-20-10-11-22(13-15(20)16-18-8-9-21(16)2)17(23)19-12-14-6-4-3-5-7-14/h3-9,15H,10-13H2,1-2H3,(H,19,23)/t15-/m1/s1. The summed E-state index contributed by atoms with van der Waals surface area (Å²) in [5.74, 6) is 0.994. The van der Waals surface area contributed by atoms with Crippen molar-refractivity contribution in [3.63, 3.8) is 0 Å². The van der Waals surface area contributed by atoms with Gasteiger partial charge >= 0.3 is 6.03 Å². The lowest BCUT2D eigenvalue weighted by atomic mass is 10.1. The number of nitrogens with one attached hydrogen (secondary N) is 1. The summed E-state index contributed by atoms with van der Waals surface area (Å²) in [5, 5.41) is 3.01. The monoisotopic (exact) mass is 313 g/mol. The van der Waals surface area contributed by atoms with Crippen molar-refractivity contribution in [2.45, 2.75) is 12.6 Å². The highest BCUT2D eigenvalue weighted by Gasteiger charge is 2.30. The lowest BCUT2D eigenvalue weighted by Crippen LogP contribution is -2.52. The molecule has 3 rings (SSSR count). The topological polar surface area (TPSA) is 53.4 Å². The lowest BCUT2D eigenvalue weighted by Gasteiger charge is -2.38. The Morgan fingerprint density at radius 2 is 2.04 bits per heavy atom. The molecule has 1 saturated heterocycles. The third-order valence-electron chi connectivity index (χ3n) is 4.38. The first-order valence-corrected chi connectivity index (χ1v) is 7.89. The summed E-state index contributed by atoms with van der Waals surface area (Å²) in [6, 6.07) is 10.1. The molecular formula is C17H23N5O. The fraction of sp³-hybridized carbons (Fsp3) is 0.412. The highest BCUT2D eigenvalue weighted by molar-refractivity contribution is 5.74. The van der Waals surface area contributed by atoms with Crippen LogP contribution in [0, 0.1) is 0 Å². The van der Waals surface area contributed by atoms with Crippen molar-refractivity contribution in [1.29, 1.82) is 0 Å². The number of carbonyl (C=O) groups is 1. The van der Waals surface area contributed by atoms with Crippen molar-refractivity contribution >= 4 is 6.03 Å². The second kappa shape index (κ2) is 6.83. The largest absolute Gasteiger partial charge is 0.337 e. The number of benzene rings is 1. The molecule has 6 heteroatoms. The molecule has 0 aliphatic carbocycles. The first-order valence-electron chi connectivity index (χ1n) is 7.89. The number of aryl methyl sites for hydroxylation is 1. The van der Waals surface area contributed by atoms with E-state index < -0.39 is 0 Å². The van der Waals surface area contributed by atoms with E-state index >= 15 is 0 Å². The molecule has 1 atom stereocenters. The summed E-state index contributed by atoms with van der Waals surface area (Å²) in [5.41, 5.74) is 1.11. The number of piperazine rings is 1. The van der Waals surface area contributed by atoms with Crippen molar-refractivity contribution in [1.82, 2.24) is 24.7 Å². The molecule has 0 unspecified atom stereocenters. The number of hydrogen-bond donors (Lipinski definition) is 1. The number of amides is 2. The van der Waals surface area contributed by atoms with Crippen molar-refractivity contribution in [3.05, 3.63) is 54.1 Å². The van der Waals surface area contributed by atoms with E-state index in [4.69, 9.17) is 0 Å². The van der Waals surface area contributed by atoms with Crippen LogP contribution in [-0.4, -0.2) is 52.1 Å². The Morgan fingerprint density at radius 3 is 2.74 bits per heavy atom. The normalized spacial score (nSPS) is 18.9. The highest BCUT2D eigenvalue weighted by atomic mass is 16.2. The van der Waals surface area contributed by atoms with Gasteiger partial charge in [-0.05, 0) is 12.6 Å². The smallest absolute Gasteiger partial charge is 0.317 e. The molecule has 1 aliphatic heterocycles. The van der Waals surface area contributed by atoms with Crippen LogP contribution in [0.2, 0.25) is 0 Å². The third kappa shape index (κ3) is 3.53. The first kappa shape index (κ1) is 15.6. The molecular weight excluding hydrogens is 290 g/mol. The van der Waals surface area contributed by atoms with Crippen molar-refractivity contribution in [2.75, 3.05) is 26.7 Å². The van der Waals surface area contributed by atoms with Gasteiger partial charge < -0.3 is 14.8 Å². The van der Waals surface area contributed by atoms with E-state index in [0.717, 1.165) is 24.5 Å². The zero-order valence-corrected chi connectivity index (χ0v) is 13.6. The van der Waals surface area contributed by atoms with Gasteiger partial charge in [0.1, 0.15) is 5.82 Å². The van der Waals surface area contributed by atoms with E-state index in [9.17, 15) is 4.79 Å². The molecule has 0 saturated carbocycles. The molecule has 1 aromatic heterocycles. The second-order valence-electron chi connectivity index (χ2n) is 5.98. The average molecular weight is 313 g/mol. The quantitative estimate of drug-likeness (QED) is 0.937. The van der Waals surface area contributed by atoms with E-state index in [0.29, 0.717) is 13.1 Å². The molecule has 0 radical (unpaired) electrons. The fourth-order valence-corrected chi connectivity index (χ4v) is 2.92. The van der Waals surface area contributed by atoms with Crippen molar-refractivity contribution < 1.29 is 4.79 Å². The minimum Gasteiger partial charge on any atom is -0.337 e. The Hall–Kier alpha value is -2.34. The molecule has 1 aromatic carbocycles. The zero-order chi connectivity index (χ0) is 16.2. The molecule has 0 spiro atoms. The second-order valence-corrected chi connectivity index (χ2v) is 5.98. The first-order chi connectivity index (χ1) is 11.1. The third-order valence-corrected chi connectivity index (χ3v) is 4.38. The maximum absolute atomic E-state index is 12.4. The average Bonchev–Trinajstić information content (AvgIpc) is 3.00. The predicted molar refractivity (Wildman–Crippen MR) is 88.8 cm³/mol. The van der Waals surface area contributed by atoms with Gasteiger partial charge in [-0.3, -0.25) is 4.90 Å². The van der Waals surface area contributed by atoms with Gasteiger partial charge in [0.25, 0.3) is 0 Å². The van der Waals surface area contributed by atoms with Crippen LogP contribution in [0.1, 0.15) is 17.4 Å². The van der Waals surface area contributed by atoms with Crippen LogP contribution in [0.25, 0.3) is 0 Å². The van der Waals surface area contributed by atoms with Crippen LogP contribution in [0.5, 0.6) is 0 Å². The number of rotatable bonds is 3. The van der Waals surface area contributed by atoms with Gasteiger partial charge in [-0.1, -0.05) is 30.3 Å². The van der Waals surface area contributed by atoms with Crippen LogP contribution < -0.4 is 5.32 Å². The summed E-state index contributed by atoms with van der Waals surface area (Å²) in [6.07, 6.45) is 3.75. The number of carbonyl (C=O) groups excluding carboxylic acids is 1. The van der Waals surface area contributed by atoms with Gasteiger partial charge in [0, 0.05) is 45.6 Å². The van der Waals surface area contributed by atoms with E-state index in [1.165, 1.54) is 0 Å². The predicted octanol–water partition coefficient (Wildman–Crippen LogP) is 1.62. The Balaban J connectivity index is 1.62. The van der Waals surface area contributed by atoms with Gasteiger partial charge in [-0.2, -0.15) is 0 Å². The minimum atomic E-state index is -0.0128. The zero-order valence-electron chi connectivity index (χ0n) is 13.6. The van der Waals surface area contributed by atoms with Crippen molar-refractivity contribution in [3.8, 4) is 0 Å². The molecule has 1 aliphatic rings. The number of imidazole rings is 1. The molecule has 2 amide bonds. The molecule has 1 N–H and O–H groups in total. The molecule has 23 heavy (non-hydrogen) atoms. The molecule has 6 nitrogen and oxygen atoms in total. The van der Waals surface area contributed by atoms with Crippen LogP contribution in [-0.2, 0) is 13.6 Å². The molecule has 122 valence electrons. The van der Waals surface area contributed by atoms with E-state index in [2.05, 4.69) is 22.2 Å². The summed E-state index contributed by atoms with van der Waals surface area (Å²) in [7, 11) is 4.07. The molecule has 0 bridgehead atoms. The van der Waals surface area contributed by atoms with E-state index in [-0.39, 0.29) is 12.1 Å². The Morgan fingerprint density at radius 1 is 1.26 bits per heavy atom. The van der Waals surface area contributed by atoms with Gasteiger partial charge in [0.05, 0.1) is 6.04 Å². The van der Waals surface area contributed by atoms with Crippen molar-refractivity contribution in [2.24, 2.45) is 7.05 Å². The number of urea groups is 1. The van der Waals surface area contributed by atoms with E-state index in [1.54, 1.807) is 6.20 Å². The van der Waals surface area contributed by atoms with Crippen LogP contribution in [0.15, 0.2) is 42.7 Å². The summed E-state index contributed by atoms with van der Waals surface area (Å²) >= 11 is 0. The van der Waals surface area contributed by atoms with E-state index in [1.807, 2.05) is 53.0 Å². The maximum atomic E-state index is 12.4. The Kier molecular flexibility index (Phi) is 4.62. The number of nitrogens with zero attached hydrogens (tertiary/aromatic N) is 4. The SMILES string of the molecule is CN1CCN(C(=O)NCc2ccccc2)C[C@@H]1c1nccn1C. The highest BCUT2D eigenvalue weighted by Crippen LogP contribution is 2.22.